The number of carboxylic acids is 1. The van der Waals surface area contributed by atoms with E-state index in [1.807, 2.05) is 4.72 Å². The highest BCUT2D eigenvalue weighted by atomic mass is 32.2. The fourth-order valence-electron chi connectivity index (χ4n) is 1.57. The minimum Gasteiger partial charge on any atom is -0.476 e. The van der Waals surface area contributed by atoms with E-state index in [4.69, 9.17) is 10.9 Å². The molecule has 0 aliphatic heterocycles. The topological polar surface area (TPSA) is 164 Å². The van der Waals surface area contributed by atoms with E-state index >= 15 is 0 Å². The molecule has 128 valence electrons. The zero-order chi connectivity index (χ0) is 17.9. The van der Waals surface area contributed by atoms with Crippen molar-refractivity contribution < 1.29 is 27.5 Å². The molecule has 13 heteroatoms. The van der Waals surface area contributed by atoms with Crippen LogP contribution in [0.3, 0.4) is 0 Å². The van der Waals surface area contributed by atoms with Crippen LogP contribution in [0.5, 0.6) is 0 Å². The fourth-order valence-corrected chi connectivity index (χ4v) is 3.58. The first-order chi connectivity index (χ1) is 11.2. The third-order valence-corrected chi connectivity index (χ3v) is 4.85. The molecular formula is C11H10FN5O5S2. The van der Waals surface area contributed by atoms with Crippen molar-refractivity contribution in [2.75, 3.05) is 10.0 Å². The summed E-state index contributed by atoms with van der Waals surface area (Å²) in [5, 5.41) is 10.7. The number of hydrogen-bond acceptors (Lipinski definition) is 7. The second-order valence-corrected chi connectivity index (χ2v) is 6.72. The Bertz CT molecular complexity index is 898. The molecule has 0 unspecified atom stereocenters. The highest BCUT2D eigenvalue weighted by Gasteiger charge is 2.22. The van der Waals surface area contributed by atoms with Gasteiger partial charge < -0.3 is 10.4 Å². The lowest BCUT2D eigenvalue weighted by Gasteiger charge is -2.09. The number of benzene rings is 1. The van der Waals surface area contributed by atoms with E-state index in [-0.39, 0.29) is 10.7 Å². The van der Waals surface area contributed by atoms with Gasteiger partial charge in [0.1, 0.15) is 10.8 Å². The molecule has 1 heterocycles. The first-order valence-corrected chi connectivity index (χ1v) is 8.37. The van der Waals surface area contributed by atoms with Crippen LogP contribution in [-0.2, 0) is 10.0 Å². The van der Waals surface area contributed by atoms with Crippen molar-refractivity contribution >= 4 is 44.0 Å². The van der Waals surface area contributed by atoms with Crippen LogP contribution in [0.1, 0.15) is 10.5 Å². The second-order valence-electron chi connectivity index (χ2n) is 4.18. The molecule has 0 atom stereocenters. The quantitative estimate of drug-likeness (QED) is 0.293. The van der Waals surface area contributed by atoms with Crippen LogP contribution >= 0.6 is 11.3 Å². The molecule has 0 saturated carbocycles. The van der Waals surface area contributed by atoms with Crippen LogP contribution in [0.4, 0.5) is 19.9 Å². The van der Waals surface area contributed by atoms with Gasteiger partial charge in [0.15, 0.2) is 5.69 Å². The number of carbonyl (C=O) groups is 2. The Hall–Kier alpha value is -2.77. The Morgan fingerprint density at radius 1 is 1.33 bits per heavy atom. The summed E-state index contributed by atoms with van der Waals surface area (Å²) in [4.78, 5) is 25.0. The second kappa shape index (κ2) is 6.77. The summed E-state index contributed by atoms with van der Waals surface area (Å²) in [6.07, 6.45) is 0. The van der Waals surface area contributed by atoms with Crippen LogP contribution in [0.25, 0.3) is 0 Å². The Morgan fingerprint density at radius 3 is 2.62 bits per heavy atom. The lowest BCUT2D eigenvalue weighted by atomic mass is 10.3. The number of nitrogens with two attached hydrogens (primary N) is 1. The molecule has 1 aromatic heterocycles. The van der Waals surface area contributed by atoms with Gasteiger partial charge >= 0.3 is 12.0 Å². The average molecular weight is 375 g/mol. The predicted molar refractivity (Wildman–Crippen MR) is 82.6 cm³/mol. The third kappa shape index (κ3) is 3.76. The largest absolute Gasteiger partial charge is 0.476 e. The Morgan fingerprint density at radius 2 is 2.04 bits per heavy atom. The molecule has 2 aromatic rings. The van der Waals surface area contributed by atoms with Crippen LogP contribution in [0.15, 0.2) is 28.6 Å². The Labute approximate surface area is 138 Å². The van der Waals surface area contributed by atoms with Gasteiger partial charge in [0, 0.05) is 0 Å². The molecule has 10 nitrogen and oxygen atoms in total. The van der Waals surface area contributed by atoms with Gasteiger partial charge in [-0.25, -0.2) is 33.2 Å². The maximum absolute atomic E-state index is 13.9. The van der Waals surface area contributed by atoms with Crippen molar-refractivity contribution in [2.24, 2.45) is 5.84 Å². The standard InChI is InChI=1S/C11H10FN5O5S2/c12-6-3-5(1-2-7(6)15-11(20)16-13)24(21,22)17-9-8(10(18)19)14-4-23-9/h1-4,17H,13H2,(H,18,19)(H2,15,16,20). The van der Waals surface area contributed by atoms with Gasteiger partial charge in [-0.2, -0.15) is 0 Å². The minimum absolute atomic E-state index is 0.215. The monoisotopic (exact) mass is 375 g/mol. The van der Waals surface area contributed by atoms with E-state index in [1.54, 1.807) is 5.43 Å². The molecule has 1 aromatic carbocycles. The molecule has 24 heavy (non-hydrogen) atoms. The number of aromatic carboxylic acids is 1. The molecule has 0 fully saturated rings. The van der Waals surface area contributed by atoms with E-state index < -0.39 is 38.4 Å². The number of thiazole rings is 1. The number of amides is 2. The van der Waals surface area contributed by atoms with Crippen molar-refractivity contribution in [1.29, 1.82) is 0 Å². The van der Waals surface area contributed by atoms with E-state index in [2.05, 4.69) is 10.3 Å². The SMILES string of the molecule is NNC(=O)Nc1ccc(S(=O)(=O)Nc2scnc2C(=O)O)cc1F. The van der Waals surface area contributed by atoms with Gasteiger partial charge in [0.2, 0.25) is 0 Å². The van der Waals surface area contributed by atoms with E-state index in [0.29, 0.717) is 6.07 Å². The number of anilines is 2. The minimum atomic E-state index is -4.25. The molecule has 0 spiro atoms. The van der Waals surface area contributed by atoms with Crippen molar-refractivity contribution in [1.82, 2.24) is 10.4 Å². The number of halogens is 1. The van der Waals surface area contributed by atoms with Crippen molar-refractivity contribution in [3.8, 4) is 0 Å². The molecule has 0 aliphatic rings. The van der Waals surface area contributed by atoms with Gasteiger partial charge in [-0.05, 0) is 18.2 Å². The highest BCUT2D eigenvalue weighted by Crippen LogP contribution is 2.25. The maximum atomic E-state index is 13.9. The third-order valence-electron chi connectivity index (χ3n) is 2.63. The first kappa shape index (κ1) is 17.6. The number of hydrazine groups is 1. The van der Waals surface area contributed by atoms with E-state index in [9.17, 15) is 22.4 Å². The lowest BCUT2D eigenvalue weighted by Crippen LogP contribution is -2.34. The Kier molecular flexibility index (Phi) is 4.96. The van der Waals surface area contributed by atoms with Gasteiger partial charge in [-0.15, -0.1) is 11.3 Å². The fraction of sp³-hybridized carbons (Fsp3) is 0. The van der Waals surface area contributed by atoms with Crippen molar-refractivity contribution in [2.45, 2.75) is 4.90 Å². The van der Waals surface area contributed by atoms with Gasteiger partial charge in [-0.3, -0.25) is 10.1 Å². The number of hydrogen-bond donors (Lipinski definition) is 5. The molecule has 6 N–H and O–H groups in total. The molecule has 0 aliphatic carbocycles. The van der Waals surface area contributed by atoms with Crippen molar-refractivity contribution in [3.63, 3.8) is 0 Å². The number of carboxylic acid groups (broad SMARTS) is 1. The number of rotatable bonds is 5. The number of nitrogens with zero attached hydrogens (tertiary/aromatic N) is 1. The molecule has 2 amide bonds. The lowest BCUT2D eigenvalue weighted by molar-refractivity contribution is 0.0692. The van der Waals surface area contributed by atoms with E-state index in [1.165, 1.54) is 0 Å². The summed E-state index contributed by atoms with van der Waals surface area (Å²) >= 11 is 0.763. The van der Waals surface area contributed by atoms with Gasteiger partial charge in [0.05, 0.1) is 16.1 Å². The number of urea groups is 1. The molecule has 0 radical (unpaired) electrons. The van der Waals surface area contributed by atoms with E-state index in [0.717, 1.165) is 29.0 Å². The zero-order valence-corrected chi connectivity index (χ0v) is 13.2. The number of carbonyl (C=O) groups excluding carboxylic acids is 1. The van der Waals surface area contributed by atoms with Crippen LogP contribution < -0.4 is 21.3 Å². The summed E-state index contributed by atoms with van der Waals surface area (Å²) in [6.45, 7) is 0. The first-order valence-electron chi connectivity index (χ1n) is 6.01. The number of aromatic nitrogens is 1. The molecule has 0 saturated heterocycles. The number of sulfonamides is 1. The van der Waals surface area contributed by atoms with Crippen LogP contribution in [-0.4, -0.2) is 30.5 Å². The molecule has 2 rings (SSSR count). The average Bonchev–Trinajstić information content (AvgIpc) is 2.96. The molecular weight excluding hydrogens is 365 g/mol. The van der Waals surface area contributed by atoms with Crippen molar-refractivity contribution in [3.05, 3.63) is 35.2 Å². The summed E-state index contributed by atoms with van der Waals surface area (Å²) in [5.41, 5.74) is 2.12. The zero-order valence-electron chi connectivity index (χ0n) is 11.6. The van der Waals surface area contributed by atoms with Crippen LogP contribution in [0, 0.1) is 5.82 Å². The highest BCUT2D eigenvalue weighted by molar-refractivity contribution is 7.93. The van der Waals surface area contributed by atoms with Gasteiger partial charge in [-0.1, -0.05) is 0 Å². The van der Waals surface area contributed by atoms with Gasteiger partial charge in [0.25, 0.3) is 10.0 Å². The molecule has 0 bridgehead atoms. The Balaban J connectivity index is 2.29. The summed E-state index contributed by atoms with van der Waals surface area (Å²) in [5.74, 6) is 2.41. The smallest absolute Gasteiger partial charge is 0.357 e. The normalized spacial score (nSPS) is 10.9. The maximum Gasteiger partial charge on any atom is 0.357 e. The number of nitrogens with one attached hydrogen (secondary N) is 3. The summed E-state index contributed by atoms with van der Waals surface area (Å²) in [6, 6.07) is 1.82. The summed E-state index contributed by atoms with van der Waals surface area (Å²) < 4.78 is 40.3. The predicted octanol–water partition coefficient (Wildman–Crippen LogP) is 0.776. The summed E-state index contributed by atoms with van der Waals surface area (Å²) in [7, 11) is -4.25. The van der Waals surface area contributed by atoms with Crippen LogP contribution in [0.2, 0.25) is 0 Å².